The third-order valence-corrected chi connectivity index (χ3v) is 2.67. The molecule has 0 spiro atoms. The molecule has 0 saturated carbocycles. The molecule has 0 amide bonds. The first-order valence-electron chi connectivity index (χ1n) is 6.54. The van der Waals surface area contributed by atoms with Gasteiger partial charge in [0.2, 0.25) is 0 Å². The lowest BCUT2D eigenvalue weighted by molar-refractivity contribution is 0.0977. The molecular formula is C15H22O2. The Morgan fingerprint density at radius 1 is 1.12 bits per heavy atom. The molecule has 0 saturated heterocycles. The molecule has 0 atom stereocenters. The molecular weight excluding hydrogens is 212 g/mol. The van der Waals surface area contributed by atoms with E-state index in [1.807, 2.05) is 31.2 Å². The number of Topliss-reactive ketones (excluding diaryl/α,β-unsaturated/α-hetero) is 1. The van der Waals surface area contributed by atoms with Gasteiger partial charge in [-0.2, -0.15) is 0 Å². The Labute approximate surface area is 104 Å². The second-order valence-corrected chi connectivity index (χ2v) is 4.22. The Hall–Kier alpha value is -1.31. The van der Waals surface area contributed by atoms with Crippen LogP contribution >= 0.6 is 0 Å². The summed E-state index contributed by atoms with van der Waals surface area (Å²) in [6, 6.07) is 7.54. The van der Waals surface area contributed by atoms with Crippen LogP contribution in [0.2, 0.25) is 0 Å². The van der Waals surface area contributed by atoms with Gasteiger partial charge in [-0.25, -0.2) is 0 Å². The third kappa shape index (κ3) is 4.59. The van der Waals surface area contributed by atoms with Crippen molar-refractivity contribution in [2.24, 2.45) is 0 Å². The zero-order valence-corrected chi connectivity index (χ0v) is 10.9. The standard InChI is InChI=1S/C15H22O2/c1-3-5-8-12-17-15-11-7-6-10-13(15)14(16)9-4-2/h6-7,10-11H,3-5,8-9,12H2,1-2H3. The summed E-state index contributed by atoms with van der Waals surface area (Å²) in [7, 11) is 0. The van der Waals surface area contributed by atoms with Crippen molar-refractivity contribution in [3.63, 3.8) is 0 Å². The second kappa shape index (κ2) is 7.88. The van der Waals surface area contributed by atoms with Crippen LogP contribution in [0.3, 0.4) is 0 Å². The monoisotopic (exact) mass is 234 g/mol. The highest BCUT2D eigenvalue weighted by Gasteiger charge is 2.10. The van der Waals surface area contributed by atoms with Crippen LogP contribution in [0.1, 0.15) is 56.3 Å². The van der Waals surface area contributed by atoms with Gasteiger partial charge >= 0.3 is 0 Å². The Bertz CT molecular complexity index is 345. The number of rotatable bonds is 8. The molecule has 0 bridgehead atoms. The molecule has 94 valence electrons. The highest BCUT2D eigenvalue weighted by atomic mass is 16.5. The molecule has 0 fully saturated rings. The summed E-state index contributed by atoms with van der Waals surface area (Å²) in [6.45, 7) is 4.88. The van der Waals surface area contributed by atoms with Gasteiger partial charge < -0.3 is 4.74 Å². The predicted molar refractivity (Wildman–Crippen MR) is 70.7 cm³/mol. The van der Waals surface area contributed by atoms with Crippen LogP contribution in [-0.4, -0.2) is 12.4 Å². The Morgan fingerprint density at radius 3 is 2.59 bits per heavy atom. The first-order chi connectivity index (χ1) is 8.29. The van der Waals surface area contributed by atoms with Crippen molar-refractivity contribution in [3.8, 4) is 5.75 Å². The van der Waals surface area contributed by atoms with Gasteiger partial charge in [-0.05, 0) is 25.0 Å². The normalized spacial score (nSPS) is 10.2. The van der Waals surface area contributed by atoms with Crippen molar-refractivity contribution in [2.75, 3.05) is 6.61 Å². The molecule has 0 unspecified atom stereocenters. The average molecular weight is 234 g/mol. The smallest absolute Gasteiger partial charge is 0.166 e. The largest absolute Gasteiger partial charge is 0.493 e. The molecule has 2 nitrogen and oxygen atoms in total. The summed E-state index contributed by atoms with van der Waals surface area (Å²) in [4.78, 5) is 11.9. The summed E-state index contributed by atoms with van der Waals surface area (Å²) in [5.74, 6) is 0.917. The Kier molecular flexibility index (Phi) is 6.38. The molecule has 1 rings (SSSR count). The van der Waals surface area contributed by atoms with Crippen LogP contribution in [0, 0.1) is 0 Å². The van der Waals surface area contributed by atoms with Gasteiger partial charge in [0.1, 0.15) is 5.75 Å². The molecule has 2 heteroatoms. The molecule has 0 radical (unpaired) electrons. The minimum atomic E-state index is 0.179. The minimum Gasteiger partial charge on any atom is -0.493 e. The highest BCUT2D eigenvalue weighted by Crippen LogP contribution is 2.20. The first kappa shape index (κ1) is 13.8. The lowest BCUT2D eigenvalue weighted by Gasteiger charge is -2.10. The van der Waals surface area contributed by atoms with Crippen LogP contribution in [0.25, 0.3) is 0 Å². The number of ketones is 1. The van der Waals surface area contributed by atoms with Crippen molar-refractivity contribution >= 4 is 5.78 Å². The van der Waals surface area contributed by atoms with Gasteiger partial charge in [0.25, 0.3) is 0 Å². The third-order valence-electron chi connectivity index (χ3n) is 2.67. The summed E-state index contributed by atoms with van der Waals surface area (Å²) in [5, 5.41) is 0. The van der Waals surface area contributed by atoms with Crippen molar-refractivity contribution in [2.45, 2.75) is 46.0 Å². The molecule has 1 aromatic carbocycles. The van der Waals surface area contributed by atoms with E-state index in [0.717, 1.165) is 24.2 Å². The summed E-state index contributed by atoms with van der Waals surface area (Å²) >= 11 is 0. The molecule has 0 aliphatic carbocycles. The quantitative estimate of drug-likeness (QED) is 0.497. The van der Waals surface area contributed by atoms with E-state index in [2.05, 4.69) is 6.92 Å². The number of para-hydroxylation sites is 1. The van der Waals surface area contributed by atoms with E-state index in [1.54, 1.807) is 0 Å². The lowest BCUT2D eigenvalue weighted by atomic mass is 10.1. The van der Waals surface area contributed by atoms with Crippen LogP contribution < -0.4 is 4.74 Å². The lowest BCUT2D eigenvalue weighted by Crippen LogP contribution is -2.04. The zero-order valence-electron chi connectivity index (χ0n) is 10.9. The molecule has 17 heavy (non-hydrogen) atoms. The van der Waals surface area contributed by atoms with Crippen LogP contribution in [0.15, 0.2) is 24.3 Å². The van der Waals surface area contributed by atoms with Crippen LogP contribution in [0.5, 0.6) is 5.75 Å². The fourth-order valence-corrected chi connectivity index (χ4v) is 1.72. The van der Waals surface area contributed by atoms with E-state index in [-0.39, 0.29) is 5.78 Å². The number of carbonyl (C=O) groups is 1. The van der Waals surface area contributed by atoms with Gasteiger partial charge in [0, 0.05) is 6.42 Å². The highest BCUT2D eigenvalue weighted by molar-refractivity contribution is 5.98. The molecule has 1 aromatic rings. The maximum Gasteiger partial charge on any atom is 0.166 e. The van der Waals surface area contributed by atoms with Gasteiger partial charge in [0.15, 0.2) is 5.78 Å². The van der Waals surface area contributed by atoms with E-state index in [9.17, 15) is 4.79 Å². The Balaban J connectivity index is 2.61. The molecule has 0 aromatic heterocycles. The summed E-state index contributed by atoms with van der Waals surface area (Å²) < 4.78 is 5.69. The van der Waals surface area contributed by atoms with Gasteiger partial charge in [-0.1, -0.05) is 38.8 Å². The second-order valence-electron chi connectivity index (χ2n) is 4.22. The van der Waals surface area contributed by atoms with E-state index in [0.29, 0.717) is 13.0 Å². The number of ether oxygens (including phenoxy) is 1. The van der Waals surface area contributed by atoms with Gasteiger partial charge in [-0.3, -0.25) is 4.79 Å². The predicted octanol–water partition coefficient (Wildman–Crippen LogP) is 4.24. The van der Waals surface area contributed by atoms with Gasteiger partial charge in [-0.15, -0.1) is 0 Å². The molecule has 0 N–H and O–H groups in total. The molecule has 0 aliphatic heterocycles. The molecule has 0 aliphatic rings. The summed E-state index contributed by atoms with van der Waals surface area (Å²) in [6.07, 6.45) is 4.87. The van der Waals surface area contributed by atoms with Crippen LogP contribution in [-0.2, 0) is 0 Å². The number of hydrogen-bond acceptors (Lipinski definition) is 2. The fourth-order valence-electron chi connectivity index (χ4n) is 1.72. The number of hydrogen-bond donors (Lipinski definition) is 0. The van der Waals surface area contributed by atoms with Crippen molar-refractivity contribution in [1.29, 1.82) is 0 Å². The molecule has 0 heterocycles. The van der Waals surface area contributed by atoms with E-state index in [4.69, 9.17) is 4.74 Å². The van der Waals surface area contributed by atoms with Gasteiger partial charge in [0.05, 0.1) is 12.2 Å². The maximum absolute atomic E-state index is 11.9. The van der Waals surface area contributed by atoms with E-state index in [1.165, 1.54) is 12.8 Å². The number of carbonyl (C=O) groups excluding carboxylic acids is 1. The van der Waals surface area contributed by atoms with E-state index < -0.39 is 0 Å². The van der Waals surface area contributed by atoms with E-state index >= 15 is 0 Å². The average Bonchev–Trinajstić information content (AvgIpc) is 2.35. The summed E-state index contributed by atoms with van der Waals surface area (Å²) in [5.41, 5.74) is 0.728. The zero-order chi connectivity index (χ0) is 12.5. The number of unbranched alkanes of at least 4 members (excludes halogenated alkanes) is 2. The minimum absolute atomic E-state index is 0.179. The van der Waals surface area contributed by atoms with Crippen molar-refractivity contribution < 1.29 is 9.53 Å². The van der Waals surface area contributed by atoms with Crippen LogP contribution in [0.4, 0.5) is 0 Å². The Morgan fingerprint density at radius 2 is 1.88 bits per heavy atom. The fraction of sp³-hybridized carbons (Fsp3) is 0.533. The SMILES string of the molecule is CCCCCOc1ccccc1C(=O)CCC. The van der Waals surface area contributed by atoms with Crippen molar-refractivity contribution in [1.82, 2.24) is 0 Å². The van der Waals surface area contributed by atoms with Crippen molar-refractivity contribution in [3.05, 3.63) is 29.8 Å². The topological polar surface area (TPSA) is 26.3 Å². The maximum atomic E-state index is 11.9. The first-order valence-corrected chi connectivity index (χ1v) is 6.54. The number of benzene rings is 1.